The van der Waals surface area contributed by atoms with Crippen LogP contribution in [0.15, 0.2) is 48.5 Å². The van der Waals surface area contributed by atoms with Gasteiger partial charge >= 0.3 is 6.18 Å². The summed E-state index contributed by atoms with van der Waals surface area (Å²) in [6.45, 7) is 0. The van der Waals surface area contributed by atoms with Crippen molar-refractivity contribution >= 4 is 27.3 Å². The largest absolute Gasteiger partial charge is 0.416 e. The first-order valence-corrected chi connectivity index (χ1v) is 8.51. The highest BCUT2D eigenvalue weighted by molar-refractivity contribution is 7.92. The van der Waals surface area contributed by atoms with Crippen molar-refractivity contribution in [3.05, 3.63) is 59.7 Å². The van der Waals surface area contributed by atoms with Crippen molar-refractivity contribution in [2.75, 3.05) is 16.3 Å². The monoisotopic (exact) mass is 358 g/mol. The SMILES string of the molecule is CS(=O)(=O)Nc1ccccc1NC(=O)c1ccc(C(F)(F)F)cc1. The van der Waals surface area contributed by atoms with Gasteiger partial charge < -0.3 is 5.32 Å². The van der Waals surface area contributed by atoms with Crippen LogP contribution in [0.3, 0.4) is 0 Å². The zero-order chi connectivity index (χ0) is 18.0. The lowest BCUT2D eigenvalue weighted by molar-refractivity contribution is -0.137. The van der Waals surface area contributed by atoms with Gasteiger partial charge in [0.25, 0.3) is 5.91 Å². The highest BCUT2D eigenvalue weighted by Crippen LogP contribution is 2.29. The number of hydrogen-bond acceptors (Lipinski definition) is 3. The first-order valence-electron chi connectivity index (χ1n) is 6.62. The molecule has 0 aliphatic heterocycles. The Morgan fingerprint density at radius 1 is 0.958 bits per heavy atom. The number of rotatable bonds is 4. The zero-order valence-corrected chi connectivity index (χ0v) is 13.2. The molecular formula is C15H13F3N2O3S. The Hall–Kier alpha value is -2.55. The topological polar surface area (TPSA) is 75.3 Å². The maximum Gasteiger partial charge on any atom is 0.416 e. The lowest BCUT2D eigenvalue weighted by atomic mass is 10.1. The first kappa shape index (κ1) is 17.8. The second-order valence-electron chi connectivity index (χ2n) is 4.95. The fourth-order valence-electron chi connectivity index (χ4n) is 1.89. The minimum atomic E-state index is -4.49. The fourth-order valence-corrected chi connectivity index (χ4v) is 2.46. The molecule has 2 aromatic carbocycles. The number of carbonyl (C=O) groups is 1. The Morgan fingerprint density at radius 3 is 2.00 bits per heavy atom. The predicted octanol–water partition coefficient (Wildman–Crippen LogP) is 3.33. The van der Waals surface area contributed by atoms with E-state index in [0.717, 1.165) is 30.5 Å². The Balaban J connectivity index is 2.21. The second kappa shape index (κ2) is 6.52. The molecule has 0 unspecified atom stereocenters. The number of sulfonamides is 1. The number of para-hydroxylation sites is 2. The summed E-state index contributed by atoms with van der Waals surface area (Å²) < 4.78 is 62.4. The van der Waals surface area contributed by atoms with Crippen LogP contribution < -0.4 is 10.0 Å². The third kappa shape index (κ3) is 4.72. The van der Waals surface area contributed by atoms with Crippen LogP contribution in [-0.4, -0.2) is 20.6 Å². The van der Waals surface area contributed by atoms with Crippen LogP contribution in [0, 0.1) is 0 Å². The van der Waals surface area contributed by atoms with Gasteiger partial charge in [0.1, 0.15) is 0 Å². The summed E-state index contributed by atoms with van der Waals surface area (Å²) in [6, 6.07) is 9.76. The molecule has 0 aliphatic rings. The Morgan fingerprint density at radius 2 is 1.50 bits per heavy atom. The van der Waals surface area contributed by atoms with Crippen LogP contribution in [0.5, 0.6) is 0 Å². The minimum Gasteiger partial charge on any atom is -0.320 e. The van der Waals surface area contributed by atoms with E-state index < -0.39 is 27.7 Å². The summed E-state index contributed by atoms with van der Waals surface area (Å²) >= 11 is 0. The number of alkyl halides is 3. The van der Waals surface area contributed by atoms with E-state index in [-0.39, 0.29) is 16.9 Å². The molecule has 2 N–H and O–H groups in total. The summed E-state index contributed by atoms with van der Waals surface area (Å²) in [6.07, 6.45) is -3.53. The van der Waals surface area contributed by atoms with Crippen molar-refractivity contribution in [1.29, 1.82) is 0 Å². The maximum atomic E-state index is 12.5. The number of halogens is 3. The number of hydrogen-bond donors (Lipinski definition) is 2. The number of anilines is 2. The van der Waals surface area contributed by atoms with Crippen molar-refractivity contribution < 1.29 is 26.4 Å². The van der Waals surface area contributed by atoms with Gasteiger partial charge in [-0.25, -0.2) is 8.42 Å². The van der Waals surface area contributed by atoms with E-state index in [4.69, 9.17) is 0 Å². The molecule has 0 saturated heterocycles. The van der Waals surface area contributed by atoms with E-state index in [1.54, 1.807) is 12.1 Å². The van der Waals surface area contributed by atoms with E-state index in [9.17, 15) is 26.4 Å². The summed E-state index contributed by atoms with van der Waals surface area (Å²) in [5.74, 6) is -0.661. The summed E-state index contributed by atoms with van der Waals surface area (Å²) in [5, 5.41) is 2.46. The summed E-state index contributed by atoms with van der Waals surface area (Å²) in [5.41, 5.74) is -0.511. The number of amides is 1. The lowest BCUT2D eigenvalue weighted by Gasteiger charge is -2.12. The third-order valence-corrected chi connectivity index (χ3v) is 3.54. The van der Waals surface area contributed by atoms with Crippen LogP contribution >= 0.6 is 0 Å². The predicted molar refractivity (Wildman–Crippen MR) is 84.3 cm³/mol. The molecule has 128 valence electrons. The van der Waals surface area contributed by atoms with Crippen molar-refractivity contribution in [3.63, 3.8) is 0 Å². The van der Waals surface area contributed by atoms with Gasteiger partial charge in [-0.1, -0.05) is 12.1 Å². The highest BCUT2D eigenvalue weighted by Gasteiger charge is 2.30. The van der Waals surface area contributed by atoms with E-state index in [2.05, 4.69) is 10.0 Å². The van der Waals surface area contributed by atoms with Crippen LogP contribution in [0.25, 0.3) is 0 Å². The third-order valence-electron chi connectivity index (χ3n) is 2.95. The van der Waals surface area contributed by atoms with Gasteiger partial charge in [0.15, 0.2) is 0 Å². The first-order chi connectivity index (χ1) is 11.1. The van der Waals surface area contributed by atoms with E-state index >= 15 is 0 Å². The summed E-state index contributed by atoms with van der Waals surface area (Å²) in [7, 11) is -3.55. The highest BCUT2D eigenvalue weighted by atomic mass is 32.2. The van der Waals surface area contributed by atoms with Crippen LogP contribution in [0.4, 0.5) is 24.5 Å². The smallest absolute Gasteiger partial charge is 0.320 e. The quantitative estimate of drug-likeness (QED) is 0.880. The molecule has 0 bridgehead atoms. The molecule has 0 spiro atoms. The van der Waals surface area contributed by atoms with Crippen molar-refractivity contribution in [3.8, 4) is 0 Å². The van der Waals surface area contributed by atoms with Gasteiger partial charge in [0, 0.05) is 5.56 Å². The summed E-state index contributed by atoms with van der Waals surface area (Å²) in [4.78, 5) is 12.1. The van der Waals surface area contributed by atoms with E-state index in [0.29, 0.717) is 0 Å². The Bertz CT molecular complexity index is 847. The number of carbonyl (C=O) groups excluding carboxylic acids is 1. The minimum absolute atomic E-state index is 0.0113. The van der Waals surface area contributed by atoms with Gasteiger partial charge in [-0.15, -0.1) is 0 Å². The standard InChI is InChI=1S/C15H13F3N2O3S/c1-24(22,23)20-13-5-3-2-4-12(13)19-14(21)10-6-8-11(9-7-10)15(16,17)18/h2-9,20H,1H3,(H,19,21). The molecule has 0 fully saturated rings. The molecule has 0 aromatic heterocycles. The molecule has 2 aromatic rings. The molecule has 5 nitrogen and oxygen atoms in total. The second-order valence-corrected chi connectivity index (χ2v) is 6.70. The average molecular weight is 358 g/mol. The molecule has 9 heteroatoms. The lowest BCUT2D eigenvalue weighted by Crippen LogP contribution is -2.16. The molecule has 0 heterocycles. The van der Waals surface area contributed by atoms with Crippen LogP contribution in [0.2, 0.25) is 0 Å². The molecule has 0 saturated carbocycles. The Kier molecular flexibility index (Phi) is 4.83. The molecule has 1 amide bonds. The van der Waals surface area contributed by atoms with Crippen molar-refractivity contribution in [2.24, 2.45) is 0 Å². The zero-order valence-electron chi connectivity index (χ0n) is 12.4. The number of nitrogens with one attached hydrogen (secondary N) is 2. The van der Waals surface area contributed by atoms with E-state index in [1.165, 1.54) is 12.1 Å². The van der Waals surface area contributed by atoms with E-state index in [1.807, 2.05) is 0 Å². The maximum absolute atomic E-state index is 12.5. The molecular weight excluding hydrogens is 345 g/mol. The van der Waals surface area contributed by atoms with Crippen molar-refractivity contribution in [2.45, 2.75) is 6.18 Å². The van der Waals surface area contributed by atoms with Gasteiger partial charge in [-0.05, 0) is 36.4 Å². The van der Waals surface area contributed by atoms with Gasteiger partial charge in [0.2, 0.25) is 10.0 Å². The van der Waals surface area contributed by atoms with Crippen LogP contribution in [-0.2, 0) is 16.2 Å². The molecule has 0 aliphatic carbocycles. The Labute approximate surface area is 136 Å². The van der Waals surface area contributed by atoms with Gasteiger partial charge in [-0.2, -0.15) is 13.2 Å². The van der Waals surface area contributed by atoms with Crippen LogP contribution in [0.1, 0.15) is 15.9 Å². The molecule has 24 heavy (non-hydrogen) atoms. The molecule has 0 radical (unpaired) electrons. The van der Waals surface area contributed by atoms with Gasteiger partial charge in [0.05, 0.1) is 23.2 Å². The normalized spacial score (nSPS) is 11.8. The average Bonchev–Trinajstić information content (AvgIpc) is 2.47. The van der Waals surface area contributed by atoms with Crippen molar-refractivity contribution in [1.82, 2.24) is 0 Å². The van der Waals surface area contributed by atoms with Gasteiger partial charge in [-0.3, -0.25) is 9.52 Å². The molecule has 0 atom stereocenters. The molecule has 2 rings (SSSR count). The number of benzene rings is 2. The fraction of sp³-hybridized carbons (Fsp3) is 0.133.